The highest BCUT2D eigenvalue weighted by atomic mass is 32.2. The van der Waals surface area contributed by atoms with Gasteiger partial charge in [-0.05, 0) is 12.1 Å². The number of ether oxygens (including phenoxy) is 1. The molecule has 106 valence electrons. The number of hydrogen-bond acceptors (Lipinski definition) is 6. The molecule has 0 spiro atoms. The second-order valence-corrected chi connectivity index (χ2v) is 6.11. The topological polar surface area (TPSA) is 106 Å². The van der Waals surface area contributed by atoms with Crippen LogP contribution in [-0.2, 0) is 21.3 Å². The number of pyridine rings is 1. The predicted octanol–water partition coefficient (Wildman–Crippen LogP) is -1.08. The number of sulfonamides is 1. The summed E-state index contributed by atoms with van der Waals surface area (Å²) in [5.41, 5.74) is 6.05. The van der Waals surface area contributed by atoms with Gasteiger partial charge in [0, 0.05) is 19.3 Å². The van der Waals surface area contributed by atoms with Gasteiger partial charge in [0.15, 0.2) is 0 Å². The van der Waals surface area contributed by atoms with E-state index in [2.05, 4.69) is 4.98 Å². The molecular weight excluding hydrogens is 270 g/mol. The second kappa shape index (κ2) is 5.93. The predicted molar refractivity (Wildman–Crippen MR) is 67.7 cm³/mol. The average molecular weight is 287 g/mol. The van der Waals surface area contributed by atoms with E-state index in [1.54, 1.807) is 6.07 Å². The zero-order valence-corrected chi connectivity index (χ0v) is 11.2. The fourth-order valence-electron chi connectivity index (χ4n) is 1.92. The number of nitrogens with zero attached hydrogens (tertiary/aromatic N) is 2. The highest BCUT2D eigenvalue weighted by Crippen LogP contribution is 2.20. The maximum atomic E-state index is 12.4. The van der Waals surface area contributed by atoms with Crippen LogP contribution < -0.4 is 5.73 Å². The van der Waals surface area contributed by atoms with Crippen molar-refractivity contribution in [2.24, 2.45) is 5.73 Å². The van der Waals surface area contributed by atoms with Gasteiger partial charge in [-0.3, -0.25) is 4.98 Å². The Bertz CT molecular complexity index is 517. The summed E-state index contributed by atoms with van der Waals surface area (Å²) >= 11 is 0. The molecule has 0 bridgehead atoms. The van der Waals surface area contributed by atoms with Crippen molar-refractivity contribution in [3.63, 3.8) is 0 Å². The Kier molecular flexibility index (Phi) is 4.48. The number of hydrogen-bond donors (Lipinski definition) is 2. The Morgan fingerprint density at radius 2 is 2.32 bits per heavy atom. The van der Waals surface area contributed by atoms with Crippen molar-refractivity contribution in [3.8, 4) is 0 Å². The molecule has 7 nitrogen and oxygen atoms in total. The molecule has 1 fully saturated rings. The molecule has 8 heteroatoms. The molecule has 0 saturated carbocycles. The van der Waals surface area contributed by atoms with Crippen LogP contribution in [-0.4, -0.2) is 55.2 Å². The first-order valence-corrected chi connectivity index (χ1v) is 7.39. The number of aliphatic hydroxyl groups is 1. The monoisotopic (exact) mass is 287 g/mol. The molecule has 1 aliphatic rings. The van der Waals surface area contributed by atoms with Crippen molar-refractivity contribution >= 4 is 10.0 Å². The summed E-state index contributed by atoms with van der Waals surface area (Å²) in [4.78, 5) is 4.09. The first kappa shape index (κ1) is 14.4. The Morgan fingerprint density at radius 1 is 1.53 bits per heavy atom. The lowest BCUT2D eigenvalue weighted by Gasteiger charge is -2.33. The van der Waals surface area contributed by atoms with Crippen LogP contribution in [0.1, 0.15) is 5.69 Å². The summed E-state index contributed by atoms with van der Waals surface area (Å²) in [6, 6.07) is 2.52. The third kappa shape index (κ3) is 2.93. The minimum absolute atomic E-state index is 0.102. The minimum Gasteiger partial charge on any atom is -0.395 e. The Labute approximate surface area is 112 Å². The van der Waals surface area contributed by atoms with E-state index in [0.29, 0.717) is 12.3 Å². The molecule has 1 unspecified atom stereocenters. The summed E-state index contributed by atoms with van der Waals surface area (Å²) in [5, 5.41) is 9.24. The van der Waals surface area contributed by atoms with Crippen LogP contribution in [0.4, 0.5) is 0 Å². The molecule has 1 aromatic rings. The Morgan fingerprint density at radius 3 is 2.89 bits per heavy atom. The van der Waals surface area contributed by atoms with Gasteiger partial charge < -0.3 is 15.6 Å². The van der Waals surface area contributed by atoms with Crippen LogP contribution in [0.15, 0.2) is 23.2 Å². The summed E-state index contributed by atoms with van der Waals surface area (Å²) < 4.78 is 31.3. The first-order chi connectivity index (χ1) is 9.09. The van der Waals surface area contributed by atoms with E-state index in [1.165, 1.54) is 16.6 Å². The van der Waals surface area contributed by atoms with Crippen LogP contribution >= 0.6 is 0 Å². The molecule has 1 saturated heterocycles. The summed E-state index contributed by atoms with van der Waals surface area (Å²) in [6.07, 6.45) is 1.29. The van der Waals surface area contributed by atoms with Gasteiger partial charge in [-0.2, -0.15) is 4.31 Å². The molecule has 1 aromatic heterocycles. The molecule has 0 aliphatic carbocycles. The molecule has 2 rings (SSSR count). The molecule has 19 heavy (non-hydrogen) atoms. The van der Waals surface area contributed by atoms with Gasteiger partial charge in [0.1, 0.15) is 4.90 Å². The van der Waals surface area contributed by atoms with Crippen molar-refractivity contribution < 1.29 is 18.3 Å². The summed E-state index contributed by atoms with van der Waals surface area (Å²) in [5.74, 6) is 0. The first-order valence-electron chi connectivity index (χ1n) is 5.95. The van der Waals surface area contributed by atoms with Gasteiger partial charge in [-0.25, -0.2) is 8.42 Å². The largest absolute Gasteiger partial charge is 0.395 e. The maximum Gasteiger partial charge on any atom is 0.245 e. The van der Waals surface area contributed by atoms with E-state index < -0.39 is 16.1 Å². The fraction of sp³-hybridized carbons (Fsp3) is 0.545. The smallest absolute Gasteiger partial charge is 0.245 e. The van der Waals surface area contributed by atoms with Crippen molar-refractivity contribution in [1.29, 1.82) is 0 Å². The fourth-order valence-corrected chi connectivity index (χ4v) is 3.45. The van der Waals surface area contributed by atoms with Gasteiger partial charge in [-0.1, -0.05) is 0 Å². The van der Waals surface area contributed by atoms with E-state index >= 15 is 0 Å². The summed E-state index contributed by atoms with van der Waals surface area (Å²) in [7, 11) is -3.66. The molecule has 0 aromatic carbocycles. The molecule has 1 aliphatic heterocycles. The van der Waals surface area contributed by atoms with Crippen molar-refractivity contribution in [2.45, 2.75) is 17.5 Å². The van der Waals surface area contributed by atoms with Gasteiger partial charge in [0.25, 0.3) is 0 Å². The van der Waals surface area contributed by atoms with Gasteiger partial charge >= 0.3 is 0 Å². The SMILES string of the molecule is NCc1ccc(S(=O)(=O)N2CCOCC2CO)cn1. The van der Waals surface area contributed by atoms with E-state index in [9.17, 15) is 13.5 Å². The number of nitrogens with two attached hydrogens (primary N) is 1. The normalized spacial score (nSPS) is 21.5. The third-order valence-corrected chi connectivity index (χ3v) is 4.93. The zero-order chi connectivity index (χ0) is 13.9. The Balaban J connectivity index is 2.29. The lowest BCUT2D eigenvalue weighted by Crippen LogP contribution is -2.50. The molecule has 0 amide bonds. The summed E-state index contributed by atoms with van der Waals surface area (Å²) in [6.45, 7) is 0.741. The standard InChI is InChI=1S/C11H17N3O4S/c12-5-9-1-2-11(6-13-9)19(16,17)14-3-4-18-8-10(14)7-15/h1-2,6,10,15H,3-5,7-8,12H2. The molecular formula is C11H17N3O4S. The van der Waals surface area contributed by atoms with Crippen LogP contribution in [0.2, 0.25) is 0 Å². The third-order valence-electron chi connectivity index (χ3n) is 3.00. The maximum absolute atomic E-state index is 12.4. The van der Waals surface area contributed by atoms with Crippen molar-refractivity contribution in [1.82, 2.24) is 9.29 Å². The number of rotatable bonds is 4. The van der Waals surface area contributed by atoms with Gasteiger partial charge in [0.2, 0.25) is 10.0 Å². The minimum atomic E-state index is -3.66. The van der Waals surface area contributed by atoms with E-state index in [-0.39, 0.29) is 31.2 Å². The van der Waals surface area contributed by atoms with E-state index in [4.69, 9.17) is 10.5 Å². The number of aromatic nitrogens is 1. The molecule has 2 heterocycles. The lowest BCUT2D eigenvalue weighted by atomic mass is 10.3. The van der Waals surface area contributed by atoms with Gasteiger partial charge in [-0.15, -0.1) is 0 Å². The second-order valence-electron chi connectivity index (χ2n) is 4.22. The average Bonchev–Trinajstić information content (AvgIpc) is 2.47. The van der Waals surface area contributed by atoms with E-state index in [1.807, 2.05) is 0 Å². The van der Waals surface area contributed by atoms with Crippen molar-refractivity contribution in [3.05, 3.63) is 24.0 Å². The lowest BCUT2D eigenvalue weighted by molar-refractivity contribution is 0.0109. The van der Waals surface area contributed by atoms with Gasteiger partial charge in [0.05, 0.1) is 31.6 Å². The van der Waals surface area contributed by atoms with Crippen LogP contribution in [0.5, 0.6) is 0 Å². The highest BCUT2D eigenvalue weighted by molar-refractivity contribution is 7.89. The van der Waals surface area contributed by atoms with E-state index in [0.717, 1.165) is 0 Å². The number of morpholine rings is 1. The quantitative estimate of drug-likeness (QED) is 0.730. The van der Waals surface area contributed by atoms with Crippen LogP contribution in [0.3, 0.4) is 0 Å². The molecule has 1 atom stereocenters. The zero-order valence-electron chi connectivity index (χ0n) is 10.4. The van der Waals surface area contributed by atoms with Crippen molar-refractivity contribution in [2.75, 3.05) is 26.4 Å². The Hall–Kier alpha value is -1.06. The highest BCUT2D eigenvalue weighted by Gasteiger charge is 2.33. The van der Waals surface area contributed by atoms with Crippen LogP contribution in [0, 0.1) is 0 Å². The number of aliphatic hydroxyl groups excluding tert-OH is 1. The molecule has 0 radical (unpaired) electrons. The van der Waals surface area contributed by atoms with Crippen LogP contribution in [0.25, 0.3) is 0 Å². The molecule has 3 N–H and O–H groups in total.